The number of halogens is 3. The molecular formula is C8H15F3O4S. The van der Waals surface area contributed by atoms with Crippen LogP contribution < -0.4 is 0 Å². The first-order valence-corrected chi connectivity index (χ1v) is 6.40. The maximum absolute atomic E-state index is 12.0. The molecule has 0 aliphatic rings. The molecule has 0 saturated carbocycles. The third-order valence-corrected chi connectivity index (χ3v) is 2.37. The Morgan fingerprint density at radius 2 is 1.75 bits per heavy atom. The predicted molar refractivity (Wildman–Crippen MR) is 51.5 cm³/mol. The highest BCUT2D eigenvalue weighted by Crippen LogP contribution is 2.22. The van der Waals surface area contributed by atoms with E-state index in [1.165, 1.54) is 6.92 Å². The second-order valence-electron chi connectivity index (χ2n) is 3.45. The molecule has 8 heteroatoms. The van der Waals surface area contributed by atoms with E-state index < -0.39 is 28.5 Å². The van der Waals surface area contributed by atoms with Gasteiger partial charge in [0.25, 0.3) is 10.1 Å². The zero-order chi connectivity index (χ0) is 13.0. The van der Waals surface area contributed by atoms with Gasteiger partial charge in [-0.05, 0) is 20.3 Å². The fraction of sp³-hybridized carbons (Fsp3) is 1.00. The van der Waals surface area contributed by atoms with Crippen molar-refractivity contribution in [1.29, 1.82) is 0 Å². The van der Waals surface area contributed by atoms with Gasteiger partial charge in [-0.2, -0.15) is 21.6 Å². The highest BCUT2D eigenvalue weighted by Gasteiger charge is 2.36. The van der Waals surface area contributed by atoms with Gasteiger partial charge in [0.05, 0.1) is 12.4 Å². The summed E-state index contributed by atoms with van der Waals surface area (Å²) in [7, 11) is -3.58. The minimum absolute atomic E-state index is 0.0769. The maximum atomic E-state index is 12.0. The second-order valence-corrected chi connectivity index (χ2v) is 5.05. The topological polar surface area (TPSA) is 52.6 Å². The quantitative estimate of drug-likeness (QED) is 0.685. The lowest BCUT2D eigenvalue weighted by Crippen LogP contribution is -2.29. The number of ether oxygens (including phenoxy) is 1. The van der Waals surface area contributed by atoms with Gasteiger partial charge in [0.15, 0.2) is 6.10 Å². The number of rotatable bonds is 6. The van der Waals surface area contributed by atoms with Crippen LogP contribution >= 0.6 is 0 Å². The average molecular weight is 264 g/mol. The van der Waals surface area contributed by atoms with Gasteiger partial charge in [-0.15, -0.1) is 0 Å². The van der Waals surface area contributed by atoms with Crippen molar-refractivity contribution in [2.45, 2.75) is 38.7 Å². The van der Waals surface area contributed by atoms with Crippen LogP contribution in [0.5, 0.6) is 0 Å². The van der Waals surface area contributed by atoms with Crippen molar-refractivity contribution in [2.24, 2.45) is 0 Å². The van der Waals surface area contributed by atoms with Gasteiger partial charge in [0, 0.05) is 6.61 Å². The lowest BCUT2D eigenvalue weighted by atomic mass is 10.3. The molecule has 0 saturated heterocycles. The van der Waals surface area contributed by atoms with Crippen molar-refractivity contribution < 1.29 is 30.5 Å². The van der Waals surface area contributed by atoms with E-state index in [1.54, 1.807) is 0 Å². The molecule has 0 fully saturated rings. The van der Waals surface area contributed by atoms with Crippen LogP contribution in [0.25, 0.3) is 0 Å². The molecule has 0 heterocycles. The highest BCUT2D eigenvalue weighted by atomic mass is 32.2. The normalized spacial score (nSPS) is 17.1. The number of alkyl halides is 3. The summed E-state index contributed by atoms with van der Waals surface area (Å²) in [6.45, 7) is 2.13. The first-order valence-electron chi connectivity index (χ1n) is 4.59. The third kappa shape index (κ3) is 7.89. The molecule has 0 aromatic rings. The van der Waals surface area contributed by atoms with Crippen molar-refractivity contribution in [2.75, 3.05) is 12.9 Å². The van der Waals surface area contributed by atoms with E-state index in [0.717, 1.165) is 13.2 Å². The van der Waals surface area contributed by atoms with Gasteiger partial charge in [0.2, 0.25) is 0 Å². The summed E-state index contributed by atoms with van der Waals surface area (Å²) in [6.07, 6.45) is -6.01. The Hall–Kier alpha value is -0.340. The molecule has 0 radical (unpaired) electrons. The van der Waals surface area contributed by atoms with Gasteiger partial charge in [-0.3, -0.25) is 4.18 Å². The largest absolute Gasteiger partial charge is 0.414 e. The van der Waals surface area contributed by atoms with Crippen molar-refractivity contribution in [3.8, 4) is 0 Å². The Kier molecular flexibility index (Phi) is 5.71. The van der Waals surface area contributed by atoms with Crippen molar-refractivity contribution >= 4 is 10.1 Å². The van der Waals surface area contributed by atoms with Gasteiger partial charge in [-0.1, -0.05) is 0 Å². The molecule has 16 heavy (non-hydrogen) atoms. The van der Waals surface area contributed by atoms with E-state index in [1.807, 2.05) is 0 Å². The van der Waals surface area contributed by atoms with E-state index in [2.05, 4.69) is 8.92 Å². The lowest BCUT2D eigenvalue weighted by molar-refractivity contribution is -0.215. The highest BCUT2D eigenvalue weighted by molar-refractivity contribution is 7.86. The summed E-state index contributed by atoms with van der Waals surface area (Å²) < 4.78 is 66.3. The Morgan fingerprint density at radius 1 is 1.25 bits per heavy atom. The molecule has 0 aromatic carbocycles. The van der Waals surface area contributed by atoms with Crippen LogP contribution in [-0.4, -0.2) is 39.7 Å². The van der Waals surface area contributed by atoms with Gasteiger partial charge in [0.1, 0.15) is 0 Å². The van der Waals surface area contributed by atoms with Crippen molar-refractivity contribution in [1.82, 2.24) is 0 Å². The predicted octanol–water partition coefficient (Wildman–Crippen LogP) is 1.71. The van der Waals surface area contributed by atoms with Gasteiger partial charge < -0.3 is 4.74 Å². The number of hydrogen-bond acceptors (Lipinski definition) is 4. The summed E-state index contributed by atoms with van der Waals surface area (Å²) in [5.74, 6) is 0. The monoisotopic (exact) mass is 264 g/mol. The molecule has 0 rings (SSSR count). The summed E-state index contributed by atoms with van der Waals surface area (Å²) in [4.78, 5) is 0. The van der Waals surface area contributed by atoms with Gasteiger partial charge >= 0.3 is 6.18 Å². The fourth-order valence-corrected chi connectivity index (χ4v) is 1.54. The molecule has 0 aliphatic carbocycles. The molecule has 0 spiro atoms. The van der Waals surface area contributed by atoms with Gasteiger partial charge in [-0.25, -0.2) is 0 Å². The first-order chi connectivity index (χ1) is 7.02. The Balaban J connectivity index is 3.83. The van der Waals surface area contributed by atoms with Crippen LogP contribution in [0.4, 0.5) is 13.2 Å². The minimum atomic E-state index is -4.40. The SMILES string of the molecule is CC(CCOC(C)C(F)(F)F)OS(C)(=O)=O. The maximum Gasteiger partial charge on any atom is 0.414 e. The minimum Gasteiger partial charge on any atom is -0.369 e. The van der Waals surface area contributed by atoms with Crippen LogP contribution in [0.2, 0.25) is 0 Å². The molecule has 0 aliphatic heterocycles. The Labute approximate surface area is 92.9 Å². The zero-order valence-corrected chi connectivity index (χ0v) is 10.1. The van der Waals surface area contributed by atoms with E-state index >= 15 is 0 Å². The van der Waals surface area contributed by atoms with Crippen LogP contribution in [0.1, 0.15) is 20.3 Å². The molecule has 0 amide bonds. The molecule has 2 atom stereocenters. The van der Waals surface area contributed by atoms with E-state index in [0.29, 0.717) is 0 Å². The van der Waals surface area contributed by atoms with Crippen LogP contribution in [0, 0.1) is 0 Å². The van der Waals surface area contributed by atoms with E-state index in [9.17, 15) is 21.6 Å². The van der Waals surface area contributed by atoms with Crippen molar-refractivity contribution in [3.05, 3.63) is 0 Å². The standard InChI is InChI=1S/C8H15F3O4S/c1-6(15-16(3,12)13)4-5-14-7(2)8(9,10)11/h6-7H,4-5H2,1-3H3. The Bertz CT molecular complexity index is 299. The van der Waals surface area contributed by atoms with E-state index in [4.69, 9.17) is 0 Å². The van der Waals surface area contributed by atoms with Crippen LogP contribution in [0.3, 0.4) is 0 Å². The molecule has 0 aromatic heterocycles. The summed E-state index contributed by atoms with van der Waals surface area (Å²) in [5.41, 5.74) is 0. The molecule has 4 nitrogen and oxygen atoms in total. The lowest BCUT2D eigenvalue weighted by Gasteiger charge is -2.17. The fourth-order valence-electron chi connectivity index (χ4n) is 0.852. The van der Waals surface area contributed by atoms with Crippen LogP contribution in [0.15, 0.2) is 0 Å². The smallest absolute Gasteiger partial charge is 0.369 e. The van der Waals surface area contributed by atoms with Crippen LogP contribution in [-0.2, 0) is 19.0 Å². The summed E-state index contributed by atoms with van der Waals surface area (Å²) in [6, 6.07) is 0. The van der Waals surface area contributed by atoms with Crippen molar-refractivity contribution in [3.63, 3.8) is 0 Å². The summed E-state index contributed by atoms with van der Waals surface area (Å²) >= 11 is 0. The Morgan fingerprint density at radius 3 is 2.12 bits per heavy atom. The number of hydrogen-bond donors (Lipinski definition) is 0. The zero-order valence-electron chi connectivity index (χ0n) is 9.24. The molecule has 0 bridgehead atoms. The second kappa shape index (κ2) is 5.83. The molecule has 0 N–H and O–H groups in total. The third-order valence-electron chi connectivity index (χ3n) is 1.69. The summed E-state index contributed by atoms with van der Waals surface area (Å²) in [5, 5.41) is 0. The van der Waals surface area contributed by atoms with E-state index in [-0.39, 0.29) is 13.0 Å². The first kappa shape index (κ1) is 15.7. The molecule has 2 unspecified atom stereocenters. The average Bonchev–Trinajstić information content (AvgIpc) is 1.98. The molecule has 98 valence electrons. The molecular weight excluding hydrogens is 249 g/mol.